The topological polar surface area (TPSA) is 78.4 Å². The third kappa shape index (κ3) is 5.30. The Labute approximate surface area is 170 Å². The Kier molecular flexibility index (Phi) is 6.10. The first-order valence-electron chi connectivity index (χ1n) is 9.39. The van der Waals surface area contributed by atoms with Crippen LogP contribution in [-0.2, 0) is 15.2 Å². The number of carbonyl (C=O) groups excluding carboxylic acids is 2. The molecule has 0 unspecified atom stereocenters. The minimum absolute atomic E-state index is 0.0856. The highest BCUT2D eigenvalue weighted by Crippen LogP contribution is 2.24. The van der Waals surface area contributed by atoms with Gasteiger partial charge in [0.15, 0.2) is 0 Å². The van der Waals surface area contributed by atoms with Crippen LogP contribution in [0, 0.1) is 6.92 Å². The minimum atomic E-state index is -1.31. The molecule has 3 rings (SSSR count). The van der Waals surface area contributed by atoms with Crippen molar-refractivity contribution in [3.63, 3.8) is 0 Å². The van der Waals surface area contributed by atoms with Gasteiger partial charge < -0.3 is 15.7 Å². The normalized spacial score (nSPS) is 12.7. The van der Waals surface area contributed by atoms with E-state index in [0.29, 0.717) is 11.3 Å². The first-order chi connectivity index (χ1) is 13.8. The highest BCUT2D eigenvalue weighted by atomic mass is 16.3. The average molecular weight is 388 g/mol. The molecule has 0 fully saturated rings. The van der Waals surface area contributed by atoms with Crippen LogP contribution in [0.15, 0.2) is 78.9 Å². The monoisotopic (exact) mass is 388 g/mol. The summed E-state index contributed by atoms with van der Waals surface area (Å²) in [5.74, 6) is -1.57. The zero-order valence-electron chi connectivity index (χ0n) is 16.5. The quantitative estimate of drug-likeness (QED) is 0.584. The predicted molar refractivity (Wildman–Crippen MR) is 114 cm³/mol. The lowest BCUT2D eigenvalue weighted by atomic mass is 9.93. The smallest absolute Gasteiger partial charge is 0.313 e. The van der Waals surface area contributed by atoms with Crippen LogP contribution in [-0.4, -0.2) is 23.5 Å². The number of nitrogens with one attached hydrogen (secondary N) is 2. The van der Waals surface area contributed by atoms with Gasteiger partial charge in [0.2, 0.25) is 0 Å². The number of anilines is 1. The van der Waals surface area contributed by atoms with Crippen molar-refractivity contribution in [3.05, 3.63) is 90.0 Å². The second-order valence-corrected chi connectivity index (χ2v) is 7.22. The van der Waals surface area contributed by atoms with Crippen molar-refractivity contribution in [1.29, 1.82) is 0 Å². The summed E-state index contributed by atoms with van der Waals surface area (Å²) in [6.45, 7) is 3.41. The number of amides is 2. The Hall–Kier alpha value is -3.44. The van der Waals surface area contributed by atoms with E-state index in [2.05, 4.69) is 10.6 Å². The van der Waals surface area contributed by atoms with Gasteiger partial charge in [0.1, 0.15) is 5.60 Å². The van der Waals surface area contributed by atoms with Gasteiger partial charge in [0.05, 0.1) is 6.54 Å². The number of aliphatic hydroxyl groups is 1. The highest BCUT2D eigenvalue weighted by Gasteiger charge is 2.25. The molecule has 29 heavy (non-hydrogen) atoms. The second kappa shape index (κ2) is 8.71. The fraction of sp³-hybridized carbons (Fsp3) is 0.167. The molecule has 3 aromatic rings. The molecule has 2 amide bonds. The van der Waals surface area contributed by atoms with Gasteiger partial charge in [-0.3, -0.25) is 9.59 Å². The maximum atomic E-state index is 12.1. The van der Waals surface area contributed by atoms with E-state index < -0.39 is 17.4 Å². The summed E-state index contributed by atoms with van der Waals surface area (Å²) in [6, 6.07) is 24.6. The highest BCUT2D eigenvalue weighted by molar-refractivity contribution is 6.39. The first kappa shape index (κ1) is 20.3. The third-order valence-corrected chi connectivity index (χ3v) is 4.69. The van der Waals surface area contributed by atoms with Crippen LogP contribution >= 0.6 is 0 Å². The lowest BCUT2D eigenvalue weighted by molar-refractivity contribution is -0.136. The van der Waals surface area contributed by atoms with Crippen LogP contribution < -0.4 is 10.6 Å². The average Bonchev–Trinajstić information content (AvgIpc) is 2.73. The van der Waals surface area contributed by atoms with Crippen LogP contribution in [0.5, 0.6) is 0 Å². The number of benzene rings is 3. The van der Waals surface area contributed by atoms with E-state index in [4.69, 9.17) is 0 Å². The summed E-state index contributed by atoms with van der Waals surface area (Å²) in [5, 5.41) is 15.8. The van der Waals surface area contributed by atoms with Gasteiger partial charge in [-0.1, -0.05) is 66.7 Å². The Bertz CT molecular complexity index is 996. The van der Waals surface area contributed by atoms with Crippen molar-refractivity contribution < 1.29 is 14.7 Å². The summed E-state index contributed by atoms with van der Waals surface area (Å²) in [4.78, 5) is 24.2. The van der Waals surface area contributed by atoms with E-state index in [1.165, 1.54) is 0 Å². The molecule has 0 spiro atoms. The van der Waals surface area contributed by atoms with Crippen LogP contribution in [0.25, 0.3) is 11.1 Å². The molecular formula is C24H24N2O3. The number of hydrogen-bond donors (Lipinski definition) is 3. The van der Waals surface area contributed by atoms with Gasteiger partial charge in [-0.05, 0) is 48.2 Å². The van der Waals surface area contributed by atoms with Crippen molar-refractivity contribution in [2.45, 2.75) is 19.4 Å². The maximum Gasteiger partial charge on any atom is 0.313 e. The molecule has 0 saturated heterocycles. The van der Waals surface area contributed by atoms with Gasteiger partial charge in [0, 0.05) is 5.69 Å². The summed E-state index contributed by atoms with van der Waals surface area (Å²) in [5.41, 5.74) is 2.98. The molecule has 0 aliphatic rings. The van der Waals surface area contributed by atoms with E-state index in [1.807, 2.05) is 67.6 Å². The molecule has 3 aromatic carbocycles. The fourth-order valence-electron chi connectivity index (χ4n) is 3.00. The van der Waals surface area contributed by atoms with Crippen LogP contribution in [0.2, 0.25) is 0 Å². The predicted octanol–water partition coefficient (Wildman–Crippen LogP) is 3.62. The van der Waals surface area contributed by atoms with Gasteiger partial charge in [-0.2, -0.15) is 0 Å². The second-order valence-electron chi connectivity index (χ2n) is 7.22. The summed E-state index contributed by atoms with van der Waals surface area (Å²) in [6.07, 6.45) is 0. The lowest BCUT2D eigenvalue weighted by Gasteiger charge is -2.24. The molecule has 0 aromatic heterocycles. The van der Waals surface area contributed by atoms with E-state index >= 15 is 0 Å². The Morgan fingerprint density at radius 1 is 0.862 bits per heavy atom. The Balaban J connectivity index is 1.60. The molecule has 0 saturated carbocycles. The standard InChI is InChI=1S/C24H24N2O3/c1-17-7-6-10-21(15-17)26-23(28)22(27)25-16-24(2,29)20-13-11-19(12-14-20)18-8-4-3-5-9-18/h3-15,29H,16H2,1-2H3,(H,25,27)(H,26,28)/t24-/m0/s1. The van der Waals surface area contributed by atoms with Gasteiger partial charge in [-0.25, -0.2) is 0 Å². The molecule has 0 aliphatic carbocycles. The van der Waals surface area contributed by atoms with Crippen molar-refractivity contribution in [1.82, 2.24) is 5.32 Å². The third-order valence-electron chi connectivity index (χ3n) is 4.69. The SMILES string of the molecule is Cc1cccc(NC(=O)C(=O)NC[C@](C)(O)c2ccc(-c3ccccc3)cc2)c1. The Morgan fingerprint density at radius 2 is 1.52 bits per heavy atom. The zero-order valence-corrected chi connectivity index (χ0v) is 16.5. The molecule has 0 heterocycles. The molecule has 0 aliphatic heterocycles. The number of rotatable bonds is 5. The molecule has 5 nitrogen and oxygen atoms in total. The van der Waals surface area contributed by atoms with Gasteiger partial charge in [-0.15, -0.1) is 0 Å². The minimum Gasteiger partial charge on any atom is -0.384 e. The first-order valence-corrected chi connectivity index (χ1v) is 9.39. The van der Waals surface area contributed by atoms with E-state index in [0.717, 1.165) is 16.7 Å². The largest absolute Gasteiger partial charge is 0.384 e. The van der Waals surface area contributed by atoms with Crippen molar-refractivity contribution in [2.75, 3.05) is 11.9 Å². The molecule has 1 atom stereocenters. The number of aryl methyl sites for hydroxylation is 1. The summed E-state index contributed by atoms with van der Waals surface area (Å²) in [7, 11) is 0. The molecule has 148 valence electrons. The molecule has 0 bridgehead atoms. The van der Waals surface area contributed by atoms with E-state index in [1.54, 1.807) is 25.1 Å². The van der Waals surface area contributed by atoms with Gasteiger partial charge in [0.25, 0.3) is 0 Å². The van der Waals surface area contributed by atoms with E-state index in [-0.39, 0.29) is 6.54 Å². The Morgan fingerprint density at radius 3 is 2.17 bits per heavy atom. The molecule has 3 N–H and O–H groups in total. The van der Waals surface area contributed by atoms with Crippen molar-refractivity contribution in [3.8, 4) is 11.1 Å². The van der Waals surface area contributed by atoms with Crippen molar-refractivity contribution >= 4 is 17.5 Å². The lowest BCUT2D eigenvalue weighted by Crippen LogP contribution is -2.43. The van der Waals surface area contributed by atoms with Crippen molar-refractivity contribution in [2.24, 2.45) is 0 Å². The number of carbonyl (C=O) groups is 2. The van der Waals surface area contributed by atoms with Gasteiger partial charge >= 0.3 is 11.8 Å². The maximum absolute atomic E-state index is 12.1. The summed E-state index contributed by atoms with van der Waals surface area (Å²) >= 11 is 0. The van der Waals surface area contributed by atoms with E-state index in [9.17, 15) is 14.7 Å². The number of hydrogen-bond acceptors (Lipinski definition) is 3. The summed E-state index contributed by atoms with van der Waals surface area (Å²) < 4.78 is 0. The molecule has 0 radical (unpaired) electrons. The molecular weight excluding hydrogens is 364 g/mol. The molecule has 5 heteroatoms. The zero-order chi connectivity index (χ0) is 20.9. The van der Waals surface area contributed by atoms with Crippen LogP contribution in [0.1, 0.15) is 18.1 Å². The fourth-order valence-corrected chi connectivity index (χ4v) is 3.00. The van der Waals surface area contributed by atoms with Crippen LogP contribution in [0.3, 0.4) is 0 Å². The van der Waals surface area contributed by atoms with Crippen LogP contribution in [0.4, 0.5) is 5.69 Å².